The minimum absolute atomic E-state index is 0.100. The summed E-state index contributed by atoms with van der Waals surface area (Å²) in [6, 6.07) is 0. The van der Waals surface area contributed by atoms with Crippen LogP contribution < -0.4 is 0 Å². The van der Waals surface area contributed by atoms with Gasteiger partial charge in [-0.3, -0.25) is 0 Å². The summed E-state index contributed by atoms with van der Waals surface area (Å²) < 4.78 is 0. The van der Waals surface area contributed by atoms with Gasteiger partial charge in [-0.25, -0.2) is 0 Å². The average molecular weight is 256 g/mol. The normalized spacial score (nSPS) is 46.8. The van der Waals surface area contributed by atoms with E-state index in [1.165, 1.54) is 25.0 Å². The van der Waals surface area contributed by atoms with E-state index in [0.29, 0.717) is 5.92 Å². The van der Waals surface area contributed by atoms with Gasteiger partial charge in [0.05, 0.1) is 5.60 Å². The largest absolute Gasteiger partial charge is 0.388 e. The monoisotopic (exact) mass is 256 g/mol. The summed E-state index contributed by atoms with van der Waals surface area (Å²) in [5.41, 5.74) is -0.326. The predicted octanol–water partition coefficient (Wildman–Crippen LogP) is 3.95. The van der Waals surface area contributed by atoms with Crippen molar-refractivity contribution >= 4 is 11.8 Å². The van der Waals surface area contributed by atoms with Crippen LogP contribution in [0.3, 0.4) is 0 Å². The van der Waals surface area contributed by atoms with Crippen molar-refractivity contribution in [1.82, 2.24) is 0 Å². The van der Waals surface area contributed by atoms with Crippen LogP contribution in [0.25, 0.3) is 0 Å². The molecule has 1 nitrogen and oxygen atoms in total. The van der Waals surface area contributed by atoms with E-state index in [0.717, 1.165) is 24.0 Å². The highest BCUT2D eigenvalue weighted by Gasteiger charge is 2.51. The van der Waals surface area contributed by atoms with Crippen molar-refractivity contribution in [1.29, 1.82) is 0 Å². The lowest BCUT2D eigenvalue weighted by molar-refractivity contribution is -0.115. The molecule has 2 rings (SSSR count). The highest BCUT2D eigenvalue weighted by Crippen LogP contribution is 2.51. The summed E-state index contributed by atoms with van der Waals surface area (Å²) in [6.07, 6.45) is 4.91. The van der Waals surface area contributed by atoms with Gasteiger partial charge in [-0.15, -0.1) is 0 Å². The van der Waals surface area contributed by atoms with Crippen LogP contribution in [0.1, 0.15) is 53.4 Å². The third-order valence-electron chi connectivity index (χ3n) is 5.64. The Morgan fingerprint density at radius 2 is 1.82 bits per heavy atom. The van der Waals surface area contributed by atoms with Gasteiger partial charge >= 0.3 is 0 Å². The molecule has 1 aliphatic heterocycles. The van der Waals surface area contributed by atoms with Gasteiger partial charge in [0.15, 0.2) is 0 Å². The lowest BCUT2D eigenvalue weighted by Crippen LogP contribution is -2.56. The fraction of sp³-hybridized carbons (Fsp3) is 1.00. The molecule has 0 spiro atoms. The number of hydrogen-bond donors (Lipinski definition) is 1. The Hall–Kier alpha value is 0.310. The zero-order chi connectivity index (χ0) is 12.7. The van der Waals surface area contributed by atoms with Gasteiger partial charge in [0.1, 0.15) is 0 Å². The molecule has 2 heteroatoms. The fourth-order valence-electron chi connectivity index (χ4n) is 3.62. The van der Waals surface area contributed by atoms with E-state index in [9.17, 15) is 5.11 Å². The molecule has 0 bridgehead atoms. The lowest BCUT2D eigenvalue weighted by Gasteiger charge is -2.53. The second kappa shape index (κ2) is 4.77. The Labute approximate surface area is 111 Å². The fourth-order valence-corrected chi connectivity index (χ4v) is 5.36. The molecule has 4 atom stereocenters. The first-order valence-electron chi connectivity index (χ1n) is 7.17. The van der Waals surface area contributed by atoms with Crippen LogP contribution in [0.15, 0.2) is 0 Å². The molecule has 2 fully saturated rings. The van der Waals surface area contributed by atoms with Crippen molar-refractivity contribution < 1.29 is 5.11 Å². The Balaban J connectivity index is 2.14. The third kappa shape index (κ3) is 2.40. The molecule has 1 heterocycles. The van der Waals surface area contributed by atoms with E-state index in [-0.39, 0.29) is 5.41 Å². The molecule has 100 valence electrons. The topological polar surface area (TPSA) is 20.2 Å². The maximum Gasteiger partial charge on any atom is 0.0816 e. The van der Waals surface area contributed by atoms with Gasteiger partial charge in [-0.2, -0.15) is 11.8 Å². The Kier molecular flexibility index (Phi) is 3.85. The standard InChI is InChI=1S/C15H28OS/c1-11-5-6-13(9-12(11)2)15(16)10-17-8-7-14(15,3)4/h11-13,16H,5-10H2,1-4H3. The maximum atomic E-state index is 11.2. The number of aliphatic hydroxyl groups is 1. The summed E-state index contributed by atoms with van der Waals surface area (Å²) in [7, 11) is 0. The van der Waals surface area contributed by atoms with Gasteiger partial charge in [-0.1, -0.05) is 34.1 Å². The van der Waals surface area contributed by atoms with Crippen LogP contribution in [0, 0.1) is 23.2 Å². The van der Waals surface area contributed by atoms with Crippen LogP contribution in [0.4, 0.5) is 0 Å². The molecular formula is C15H28OS. The summed E-state index contributed by atoms with van der Waals surface area (Å²) in [4.78, 5) is 0. The highest BCUT2D eigenvalue weighted by molar-refractivity contribution is 7.99. The molecule has 0 amide bonds. The van der Waals surface area contributed by atoms with E-state index in [1.807, 2.05) is 11.8 Å². The average Bonchev–Trinajstić information content (AvgIpc) is 2.26. The maximum absolute atomic E-state index is 11.2. The Bertz CT molecular complexity index is 276. The lowest BCUT2D eigenvalue weighted by atomic mass is 9.60. The summed E-state index contributed by atoms with van der Waals surface area (Å²) in [6.45, 7) is 9.28. The van der Waals surface area contributed by atoms with Gasteiger partial charge in [0, 0.05) is 5.75 Å². The molecule has 1 aliphatic carbocycles. The van der Waals surface area contributed by atoms with Crippen LogP contribution >= 0.6 is 11.8 Å². The van der Waals surface area contributed by atoms with Crippen molar-refractivity contribution in [3.05, 3.63) is 0 Å². The minimum atomic E-state index is -0.426. The smallest absolute Gasteiger partial charge is 0.0816 e. The first-order valence-corrected chi connectivity index (χ1v) is 8.32. The predicted molar refractivity (Wildman–Crippen MR) is 76.3 cm³/mol. The van der Waals surface area contributed by atoms with Crippen molar-refractivity contribution in [2.75, 3.05) is 11.5 Å². The van der Waals surface area contributed by atoms with E-state index in [4.69, 9.17) is 0 Å². The van der Waals surface area contributed by atoms with Crippen LogP contribution in [0.2, 0.25) is 0 Å². The first-order chi connectivity index (χ1) is 7.87. The van der Waals surface area contributed by atoms with E-state index in [2.05, 4.69) is 27.7 Å². The molecular weight excluding hydrogens is 228 g/mol. The molecule has 0 radical (unpaired) electrons. The molecule has 0 aromatic carbocycles. The zero-order valence-electron chi connectivity index (χ0n) is 11.8. The van der Waals surface area contributed by atoms with Gasteiger partial charge in [0.2, 0.25) is 0 Å². The second-order valence-corrected chi connectivity index (χ2v) is 8.18. The molecule has 1 saturated carbocycles. The quantitative estimate of drug-likeness (QED) is 0.766. The SMILES string of the molecule is CC1CCC(C2(O)CSCCC2(C)C)CC1C. The van der Waals surface area contributed by atoms with E-state index in [1.54, 1.807) is 0 Å². The minimum Gasteiger partial charge on any atom is -0.388 e. The summed E-state index contributed by atoms with van der Waals surface area (Å²) in [5.74, 6) is 4.31. The molecule has 0 aromatic heterocycles. The summed E-state index contributed by atoms with van der Waals surface area (Å²) >= 11 is 1.95. The number of thioether (sulfide) groups is 1. The highest BCUT2D eigenvalue weighted by atomic mass is 32.2. The van der Waals surface area contributed by atoms with E-state index < -0.39 is 5.60 Å². The molecule has 1 saturated heterocycles. The van der Waals surface area contributed by atoms with Crippen molar-refractivity contribution in [2.24, 2.45) is 23.2 Å². The Morgan fingerprint density at radius 1 is 1.12 bits per heavy atom. The third-order valence-corrected chi connectivity index (χ3v) is 6.78. The van der Waals surface area contributed by atoms with Gasteiger partial charge in [-0.05, 0) is 48.2 Å². The second-order valence-electron chi connectivity index (χ2n) is 7.08. The summed E-state index contributed by atoms with van der Waals surface area (Å²) in [5, 5.41) is 11.2. The van der Waals surface area contributed by atoms with Crippen molar-refractivity contribution in [3.8, 4) is 0 Å². The van der Waals surface area contributed by atoms with Crippen molar-refractivity contribution in [2.45, 2.75) is 59.0 Å². The van der Waals surface area contributed by atoms with Crippen LogP contribution in [-0.2, 0) is 0 Å². The number of hydrogen-bond acceptors (Lipinski definition) is 2. The van der Waals surface area contributed by atoms with Crippen LogP contribution in [0.5, 0.6) is 0 Å². The molecule has 2 aliphatic rings. The van der Waals surface area contributed by atoms with E-state index >= 15 is 0 Å². The molecule has 17 heavy (non-hydrogen) atoms. The molecule has 0 aromatic rings. The molecule has 4 unspecified atom stereocenters. The Morgan fingerprint density at radius 3 is 2.41 bits per heavy atom. The zero-order valence-corrected chi connectivity index (χ0v) is 12.6. The van der Waals surface area contributed by atoms with Gasteiger partial charge in [0.25, 0.3) is 0 Å². The first kappa shape index (κ1) is 13.7. The van der Waals surface area contributed by atoms with Gasteiger partial charge < -0.3 is 5.11 Å². The van der Waals surface area contributed by atoms with Crippen molar-refractivity contribution in [3.63, 3.8) is 0 Å². The number of rotatable bonds is 1. The van der Waals surface area contributed by atoms with Crippen LogP contribution in [-0.4, -0.2) is 22.2 Å². The molecule has 1 N–H and O–H groups in total.